The van der Waals surface area contributed by atoms with Crippen LogP contribution in [-0.2, 0) is 0 Å². The minimum atomic E-state index is -0.661. The van der Waals surface area contributed by atoms with Crippen molar-refractivity contribution in [2.75, 3.05) is 13.1 Å². The smallest absolute Gasteiger partial charge is 0.253 e. The van der Waals surface area contributed by atoms with Gasteiger partial charge < -0.3 is 10.0 Å². The number of benzene rings is 2. The second kappa shape index (κ2) is 7.56. The quantitative estimate of drug-likeness (QED) is 0.866. The Morgan fingerprint density at radius 2 is 1.88 bits per heavy atom. The average Bonchev–Trinajstić information content (AvgIpc) is 2.63. The lowest BCUT2D eigenvalue weighted by Crippen LogP contribution is -2.41. The molecule has 24 heavy (non-hydrogen) atoms. The molecular formula is C19H19Cl2NO2. The third-order valence-corrected chi connectivity index (χ3v) is 5.24. The highest BCUT2D eigenvalue weighted by Crippen LogP contribution is 2.33. The fraction of sp³-hybridized carbons (Fsp3) is 0.316. The van der Waals surface area contributed by atoms with Crippen LogP contribution in [-0.4, -0.2) is 29.0 Å². The maximum absolute atomic E-state index is 12.6. The predicted molar refractivity (Wildman–Crippen MR) is 96.5 cm³/mol. The molecule has 3 rings (SSSR count). The van der Waals surface area contributed by atoms with E-state index < -0.39 is 6.10 Å². The third kappa shape index (κ3) is 3.75. The van der Waals surface area contributed by atoms with Crippen molar-refractivity contribution in [1.29, 1.82) is 0 Å². The largest absolute Gasteiger partial charge is 0.388 e. The molecule has 1 fully saturated rings. The fourth-order valence-corrected chi connectivity index (χ4v) is 3.49. The van der Waals surface area contributed by atoms with Crippen molar-refractivity contribution in [2.24, 2.45) is 5.92 Å². The van der Waals surface area contributed by atoms with E-state index in [4.69, 9.17) is 23.2 Å². The number of hydrogen-bond acceptors (Lipinski definition) is 2. The molecule has 1 saturated heterocycles. The highest BCUT2D eigenvalue weighted by molar-refractivity contribution is 6.42. The van der Waals surface area contributed by atoms with Crippen molar-refractivity contribution in [1.82, 2.24) is 4.90 Å². The van der Waals surface area contributed by atoms with Crippen LogP contribution < -0.4 is 0 Å². The molecule has 0 saturated carbocycles. The molecule has 0 bridgehead atoms. The molecule has 1 N–H and O–H groups in total. The maximum Gasteiger partial charge on any atom is 0.253 e. The van der Waals surface area contributed by atoms with Gasteiger partial charge in [0.25, 0.3) is 5.91 Å². The van der Waals surface area contributed by atoms with Crippen LogP contribution in [0.1, 0.15) is 34.9 Å². The van der Waals surface area contributed by atoms with Crippen molar-refractivity contribution in [2.45, 2.75) is 18.9 Å². The summed E-state index contributed by atoms with van der Waals surface area (Å²) in [4.78, 5) is 14.4. The molecule has 5 heteroatoms. The van der Waals surface area contributed by atoms with Crippen molar-refractivity contribution in [3.63, 3.8) is 0 Å². The van der Waals surface area contributed by atoms with E-state index in [0.29, 0.717) is 22.2 Å². The number of piperidine rings is 1. The second-order valence-electron chi connectivity index (χ2n) is 6.14. The maximum atomic E-state index is 12.6. The lowest BCUT2D eigenvalue weighted by molar-refractivity contribution is 0.0401. The number of amides is 1. The third-order valence-electron chi connectivity index (χ3n) is 4.50. The molecule has 1 amide bonds. The summed E-state index contributed by atoms with van der Waals surface area (Å²) < 4.78 is 0. The van der Waals surface area contributed by atoms with Gasteiger partial charge in [0.1, 0.15) is 0 Å². The van der Waals surface area contributed by atoms with Crippen molar-refractivity contribution in [3.05, 3.63) is 69.7 Å². The molecule has 0 spiro atoms. The number of carbonyl (C=O) groups excluding carboxylic acids is 1. The molecule has 2 aromatic carbocycles. The van der Waals surface area contributed by atoms with E-state index >= 15 is 0 Å². The zero-order valence-electron chi connectivity index (χ0n) is 13.2. The van der Waals surface area contributed by atoms with Gasteiger partial charge >= 0.3 is 0 Å². The molecule has 2 atom stereocenters. The van der Waals surface area contributed by atoms with Gasteiger partial charge in [0, 0.05) is 24.6 Å². The predicted octanol–water partition coefficient (Wildman–Crippen LogP) is 4.58. The lowest BCUT2D eigenvalue weighted by atomic mass is 9.88. The summed E-state index contributed by atoms with van der Waals surface area (Å²) in [6, 6.07) is 14.4. The zero-order chi connectivity index (χ0) is 17.1. The Balaban J connectivity index is 1.73. The van der Waals surface area contributed by atoms with Gasteiger partial charge in [0.05, 0.1) is 16.1 Å². The highest BCUT2D eigenvalue weighted by Gasteiger charge is 2.29. The van der Waals surface area contributed by atoms with Gasteiger partial charge in [-0.15, -0.1) is 0 Å². The van der Waals surface area contributed by atoms with E-state index in [1.807, 2.05) is 35.2 Å². The Hall–Kier alpha value is -1.55. The van der Waals surface area contributed by atoms with Gasteiger partial charge in [-0.3, -0.25) is 4.79 Å². The summed E-state index contributed by atoms with van der Waals surface area (Å²) in [6.07, 6.45) is 1.09. The van der Waals surface area contributed by atoms with Gasteiger partial charge in [0.15, 0.2) is 0 Å². The molecule has 1 heterocycles. The summed E-state index contributed by atoms with van der Waals surface area (Å²) in [6.45, 7) is 1.26. The Morgan fingerprint density at radius 3 is 2.58 bits per heavy atom. The van der Waals surface area contributed by atoms with E-state index in [1.54, 1.807) is 18.2 Å². The summed E-state index contributed by atoms with van der Waals surface area (Å²) in [5, 5.41) is 11.6. The molecule has 126 valence electrons. The van der Waals surface area contributed by atoms with Gasteiger partial charge in [-0.1, -0.05) is 47.5 Å². The van der Waals surface area contributed by atoms with Gasteiger partial charge in [0.2, 0.25) is 0 Å². The van der Waals surface area contributed by atoms with Crippen LogP contribution in [0.2, 0.25) is 10.0 Å². The number of nitrogens with zero attached hydrogens (tertiary/aromatic N) is 1. The Bertz CT molecular complexity index is 721. The number of rotatable bonds is 3. The minimum Gasteiger partial charge on any atom is -0.388 e. The Kier molecular flexibility index (Phi) is 5.44. The zero-order valence-corrected chi connectivity index (χ0v) is 14.7. The van der Waals surface area contributed by atoms with E-state index in [2.05, 4.69) is 0 Å². The first kappa shape index (κ1) is 17.3. The number of hydrogen-bond donors (Lipinski definition) is 1. The first-order valence-corrected chi connectivity index (χ1v) is 8.79. The SMILES string of the molecule is O=C(c1ccccc1)N1CCCC([C@@H](O)c2ccc(Cl)c(Cl)c2)C1. The van der Waals surface area contributed by atoms with Crippen LogP contribution in [0, 0.1) is 5.92 Å². The molecule has 1 unspecified atom stereocenters. The summed E-state index contributed by atoms with van der Waals surface area (Å²) in [5.41, 5.74) is 1.42. The highest BCUT2D eigenvalue weighted by atomic mass is 35.5. The van der Waals surface area contributed by atoms with E-state index in [-0.39, 0.29) is 11.8 Å². The van der Waals surface area contributed by atoms with Gasteiger partial charge in [-0.05, 0) is 42.7 Å². The van der Waals surface area contributed by atoms with Crippen LogP contribution in [0.4, 0.5) is 0 Å². The van der Waals surface area contributed by atoms with Gasteiger partial charge in [-0.25, -0.2) is 0 Å². The topological polar surface area (TPSA) is 40.5 Å². The van der Waals surface area contributed by atoms with E-state index in [1.165, 1.54) is 0 Å². The molecule has 3 nitrogen and oxygen atoms in total. The molecule has 1 aliphatic heterocycles. The van der Waals surface area contributed by atoms with Crippen LogP contribution in [0.5, 0.6) is 0 Å². The molecule has 0 aromatic heterocycles. The molecule has 1 aliphatic rings. The van der Waals surface area contributed by atoms with Crippen molar-refractivity contribution < 1.29 is 9.90 Å². The minimum absolute atomic E-state index is 0.0105. The van der Waals surface area contributed by atoms with Crippen LogP contribution in [0.25, 0.3) is 0 Å². The molecule has 0 radical (unpaired) electrons. The Morgan fingerprint density at radius 1 is 1.12 bits per heavy atom. The number of aliphatic hydroxyl groups is 1. The normalized spacial score (nSPS) is 19.1. The summed E-state index contributed by atoms with van der Waals surface area (Å²) in [7, 11) is 0. The van der Waals surface area contributed by atoms with Crippen molar-refractivity contribution in [3.8, 4) is 0 Å². The van der Waals surface area contributed by atoms with Crippen LogP contribution in [0.15, 0.2) is 48.5 Å². The number of likely N-dealkylation sites (tertiary alicyclic amines) is 1. The van der Waals surface area contributed by atoms with Crippen LogP contribution in [0.3, 0.4) is 0 Å². The molecule has 0 aliphatic carbocycles. The first-order chi connectivity index (χ1) is 11.6. The van der Waals surface area contributed by atoms with E-state index in [9.17, 15) is 9.90 Å². The lowest BCUT2D eigenvalue weighted by Gasteiger charge is -2.35. The van der Waals surface area contributed by atoms with Gasteiger partial charge in [-0.2, -0.15) is 0 Å². The summed E-state index contributed by atoms with van der Waals surface area (Å²) in [5.74, 6) is 0.00490. The fourth-order valence-electron chi connectivity index (χ4n) is 3.18. The second-order valence-corrected chi connectivity index (χ2v) is 6.95. The Labute approximate surface area is 151 Å². The molecule has 2 aromatic rings. The van der Waals surface area contributed by atoms with Crippen LogP contribution >= 0.6 is 23.2 Å². The standard InChI is InChI=1S/C19H19Cl2NO2/c20-16-9-8-14(11-17(16)21)18(23)15-7-4-10-22(12-15)19(24)13-5-2-1-3-6-13/h1-3,5-6,8-9,11,15,18,23H,4,7,10,12H2/t15?,18-/m0/s1. The summed E-state index contributed by atoms with van der Waals surface area (Å²) >= 11 is 12.0. The monoisotopic (exact) mass is 363 g/mol. The van der Waals surface area contributed by atoms with E-state index in [0.717, 1.165) is 24.9 Å². The number of carbonyl (C=O) groups is 1. The molecular weight excluding hydrogens is 345 g/mol. The van der Waals surface area contributed by atoms with Crippen molar-refractivity contribution >= 4 is 29.1 Å². The average molecular weight is 364 g/mol. The number of aliphatic hydroxyl groups excluding tert-OH is 1. The first-order valence-electron chi connectivity index (χ1n) is 8.03. The number of halogens is 2.